The summed E-state index contributed by atoms with van der Waals surface area (Å²) in [6, 6.07) is 0. The molecule has 0 spiro atoms. The summed E-state index contributed by atoms with van der Waals surface area (Å²) in [4.78, 5) is 33.4. The smallest absolute Gasteiger partial charge is 0.309 e. The van der Waals surface area contributed by atoms with Crippen molar-refractivity contribution < 1.29 is 23.2 Å². The number of aromatic nitrogens is 1. The van der Waals surface area contributed by atoms with Gasteiger partial charge in [-0.15, -0.1) is 11.3 Å². The molecule has 274 valence electrons. The van der Waals surface area contributed by atoms with Crippen molar-refractivity contribution in [2.24, 2.45) is 17.3 Å². The molecule has 0 saturated carbocycles. The molecule has 0 amide bonds. The summed E-state index contributed by atoms with van der Waals surface area (Å²) >= 11 is 1.61. The second-order valence-electron chi connectivity index (χ2n) is 18.1. The maximum absolute atomic E-state index is 14.8. The summed E-state index contributed by atoms with van der Waals surface area (Å²) in [5.74, 6) is -0.433. The van der Waals surface area contributed by atoms with E-state index in [4.69, 9.17) is 13.6 Å². The van der Waals surface area contributed by atoms with E-state index in [2.05, 4.69) is 92.6 Å². The summed E-state index contributed by atoms with van der Waals surface area (Å²) in [5, 5.41) is 2.94. The van der Waals surface area contributed by atoms with Crippen molar-refractivity contribution in [1.29, 1.82) is 0 Å². The van der Waals surface area contributed by atoms with E-state index in [9.17, 15) is 9.59 Å². The molecule has 9 heteroatoms. The molecule has 2 rings (SSSR count). The summed E-state index contributed by atoms with van der Waals surface area (Å²) in [6.45, 7) is 36.6. The Morgan fingerprint density at radius 2 is 1.56 bits per heavy atom. The van der Waals surface area contributed by atoms with Gasteiger partial charge in [0.2, 0.25) is 0 Å². The Bertz CT molecular complexity index is 1310. The number of rotatable bonds is 6. The zero-order chi connectivity index (χ0) is 37.0. The maximum Gasteiger partial charge on any atom is 0.309 e. The zero-order valence-corrected chi connectivity index (χ0v) is 36.4. The molecule has 0 bridgehead atoms. The first-order chi connectivity index (χ1) is 21.7. The number of Topliss-reactive ketones (excluding diaryl/α,β-unsaturated/α-hetero) is 1. The van der Waals surface area contributed by atoms with E-state index in [1.165, 1.54) is 5.57 Å². The van der Waals surface area contributed by atoms with Crippen molar-refractivity contribution in [3.63, 3.8) is 0 Å². The van der Waals surface area contributed by atoms with Crippen molar-refractivity contribution in [2.75, 3.05) is 0 Å². The van der Waals surface area contributed by atoms with Gasteiger partial charge >= 0.3 is 5.97 Å². The van der Waals surface area contributed by atoms with Gasteiger partial charge in [-0.25, -0.2) is 4.98 Å². The number of cyclic esters (lactones) is 1. The molecule has 1 aliphatic heterocycles. The molecule has 0 fully saturated rings. The molecular weight excluding hydrogens is 651 g/mol. The number of carbonyl (C=O) groups is 2. The monoisotopic (exact) mass is 719 g/mol. The highest BCUT2D eigenvalue weighted by molar-refractivity contribution is 7.09. The molecule has 48 heavy (non-hydrogen) atoms. The Balaban J connectivity index is 2.66. The first kappa shape index (κ1) is 42.8. The first-order valence-electron chi connectivity index (χ1n) is 18.0. The molecule has 1 aromatic heterocycles. The number of allylic oxidation sites excluding steroid dienone is 1. The van der Waals surface area contributed by atoms with Gasteiger partial charge in [-0.3, -0.25) is 9.59 Å². The number of esters is 1. The first-order valence-corrected chi connectivity index (χ1v) is 24.7. The predicted molar refractivity (Wildman–Crippen MR) is 208 cm³/mol. The largest absolute Gasteiger partial charge is 0.457 e. The molecule has 1 aromatic rings. The predicted octanol–water partition coefficient (Wildman–Crippen LogP) is 11.3. The molecule has 0 aliphatic carbocycles. The van der Waals surface area contributed by atoms with Crippen LogP contribution in [-0.2, 0) is 23.2 Å². The number of aryl methyl sites for hydroxylation is 1. The van der Waals surface area contributed by atoms with E-state index in [-0.39, 0.29) is 46.2 Å². The normalized spacial score (nSPS) is 27.7. The summed E-state index contributed by atoms with van der Waals surface area (Å²) in [7, 11) is -4.58. The van der Waals surface area contributed by atoms with Crippen LogP contribution in [0.15, 0.2) is 22.6 Å². The number of nitrogens with zero attached hydrogens (tertiary/aromatic N) is 1. The van der Waals surface area contributed by atoms with Gasteiger partial charge in [0.1, 0.15) is 11.9 Å². The van der Waals surface area contributed by atoms with E-state index in [0.717, 1.165) is 35.5 Å². The van der Waals surface area contributed by atoms with E-state index in [0.29, 0.717) is 6.42 Å². The van der Waals surface area contributed by atoms with Crippen LogP contribution >= 0.6 is 11.3 Å². The van der Waals surface area contributed by atoms with Crippen LogP contribution in [0.4, 0.5) is 0 Å². The van der Waals surface area contributed by atoms with Crippen LogP contribution in [0, 0.1) is 24.2 Å². The second-order valence-corrected chi connectivity index (χ2v) is 28.7. The topological polar surface area (TPSA) is 74.7 Å². The molecule has 0 radical (unpaired) electrons. The minimum Gasteiger partial charge on any atom is -0.457 e. The highest BCUT2D eigenvalue weighted by atomic mass is 32.1. The minimum atomic E-state index is -2.39. The van der Waals surface area contributed by atoms with E-state index < -0.39 is 34.3 Å². The van der Waals surface area contributed by atoms with Crippen LogP contribution in [0.25, 0.3) is 6.08 Å². The molecule has 0 aromatic carbocycles. The molecule has 5 atom stereocenters. The van der Waals surface area contributed by atoms with Gasteiger partial charge in [-0.1, -0.05) is 80.9 Å². The molecule has 2 heterocycles. The van der Waals surface area contributed by atoms with Gasteiger partial charge in [0.05, 0.1) is 29.3 Å². The van der Waals surface area contributed by atoms with Crippen molar-refractivity contribution in [1.82, 2.24) is 4.98 Å². The van der Waals surface area contributed by atoms with Crippen LogP contribution in [-0.4, -0.2) is 51.7 Å². The number of carbonyl (C=O) groups excluding carboxylic acids is 2. The van der Waals surface area contributed by atoms with Crippen LogP contribution in [0.5, 0.6) is 0 Å². The lowest BCUT2D eigenvalue weighted by atomic mass is 9.73. The average Bonchev–Trinajstić information content (AvgIpc) is 3.34. The average molecular weight is 720 g/mol. The Labute approximate surface area is 300 Å². The second kappa shape index (κ2) is 16.3. The lowest BCUT2D eigenvalue weighted by Gasteiger charge is -2.46. The lowest BCUT2D eigenvalue weighted by Crippen LogP contribution is -2.54. The molecule has 0 unspecified atom stereocenters. The number of hydrogen-bond donors (Lipinski definition) is 0. The molecule has 6 nitrogen and oxygen atoms in total. The van der Waals surface area contributed by atoms with Gasteiger partial charge in [0.15, 0.2) is 16.6 Å². The quantitative estimate of drug-likeness (QED) is 0.165. The third kappa shape index (κ3) is 11.3. The highest BCUT2D eigenvalue weighted by Crippen LogP contribution is 2.44. The highest BCUT2D eigenvalue weighted by Gasteiger charge is 2.50. The molecule has 1 aliphatic rings. The van der Waals surface area contributed by atoms with Crippen molar-refractivity contribution in [3.05, 3.63) is 33.3 Å². The van der Waals surface area contributed by atoms with Crippen LogP contribution in [0.3, 0.4) is 0 Å². The van der Waals surface area contributed by atoms with Crippen LogP contribution in [0.2, 0.25) is 36.3 Å². The summed E-state index contributed by atoms with van der Waals surface area (Å²) in [5.41, 5.74) is 2.15. The van der Waals surface area contributed by atoms with Crippen LogP contribution < -0.4 is 0 Å². The van der Waals surface area contributed by atoms with E-state index in [1.807, 2.05) is 46.1 Å². The van der Waals surface area contributed by atoms with E-state index in [1.54, 1.807) is 11.3 Å². The number of ketones is 1. The lowest BCUT2D eigenvalue weighted by molar-refractivity contribution is -0.153. The van der Waals surface area contributed by atoms with Crippen molar-refractivity contribution in [2.45, 2.75) is 177 Å². The Morgan fingerprint density at radius 3 is 2.08 bits per heavy atom. The SMILES string of the molecule is C/C1=C/C[C@@H](/C(C)=C/c2csc(C)n2)OC(=O)C[C@H](O[Si](C)(C)C(C)(C)C)C(C)(C)C(=O)[C@H](C)[C@@H](O[Si](C)(C)C(C)(C)C)[C@H](C)CCC1. The summed E-state index contributed by atoms with van der Waals surface area (Å²) in [6.07, 6.45) is 6.45. The number of ether oxygens (including phenoxy) is 1. The Morgan fingerprint density at radius 1 is 1.00 bits per heavy atom. The fourth-order valence-corrected chi connectivity index (χ4v) is 9.32. The van der Waals surface area contributed by atoms with Gasteiger partial charge < -0.3 is 13.6 Å². The number of hydrogen-bond acceptors (Lipinski definition) is 7. The Kier molecular flexibility index (Phi) is 14.5. The molecule has 0 N–H and O–H groups in total. The standard InChI is InChI=1S/C39H69NO5SSi2/c1-26-19-18-20-27(2)35(45-48(16,17)38(9,10)11)29(4)36(42)39(12,13)33(44-47(14,15)37(6,7)8)24-34(41)43-32(22-21-26)28(3)23-31-25-46-30(5)40-31/h21,23,25,27,29,32-33,35H,18-20,22,24H2,1-17H3/b26-21-,28-23+/t27-,29-,32+,33+,35+/m1/s1. The van der Waals surface area contributed by atoms with Gasteiger partial charge in [-0.2, -0.15) is 0 Å². The van der Waals surface area contributed by atoms with Gasteiger partial charge in [-0.05, 0) is 93.9 Å². The minimum absolute atomic E-state index is 0.00354. The maximum atomic E-state index is 14.8. The third-order valence-corrected chi connectivity index (χ3v) is 21.2. The van der Waals surface area contributed by atoms with Crippen molar-refractivity contribution in [3.8, 4) is 0 Å². The summed E-state index contributed by atoms with van der Waals surface area (Å²) < 4.78 is 20.5. The van der Waals surface area contributed by atoms with Gasteiger partial charge in [0.25, 0.3) is 0 Å². The fourth-order valence-electron chi connectivity index (χ4n) is 5.83. The zero-order valence-electron chi connectivity index (χ0n) is 33.6. The third-order valence-electron chi connectivity index (χ3n) is 11.4. The molecule has 0 saturated heterocycles. The van der Waals surface area contributed by atoms with E-state index >= 15 is 0 Å². The van der Waals surface area contributed by atoms with Crippen LogP contribution in [0.1, 0.15) is 126 Å². The van der Waals surface area contributed by atoms with Crippen molar-refractivity contribution >= 4 is 45.8 Å². The van der Waals surface area contributed by atoms with Gasteiger partial charge in [0, 0.05) is 23.1 Å². The molecular formula is C39H69NO5SSi2. The fraction of sp³-hybridized carbons (Fsp3) is 0.769. The Hall–Kier alpha value is -1.40. The number of thiazole rings is 1.